The van der Waals surface area contributed by atoms with Gasteiger partial charge in [0.1, 0.15) is 15.6 Å². The molecule has 0 amide bonds. The Morgan fingerprint density at radius 3 is 2.79 bits per heavy atom. The highest BCUT2D eigenvalue weighted by Crippen LogP contribution is 2.44. The molecule has 0 unspecified atom stereocenters. The van der Waals surface area contributed by atoms with E-state index in [0.29, 0.717) is 32.2 Å². The fourth-order valence-corrected chi connectivity index (χ4v) is 4.86. The lowest BCUT2D eigenvalue weighted by Gasteiger charge is -2.02. The van der Waals surface area contributed by atoms with Gasteiger partial charge < -0.3 is 18.9 Å². The van der Waals surface area contributed by atoms with Crippen LogP contribution in [0.3, 0.4) is 0 Å². The van der Waals surface area contributed by atoms with Crippen molar-refractivity contribution in [1.29, 1.82) is 0 Å². The summed E-state index contributed by atoms with van der Waals surface area (Å²) in [5.41, 5.74) is 0.900. The van der Waals surface area contributed by atoms with E-state index in [4.69, 9.17) is 42.1 Å². The van der Waals surface area contributed by atoms with Crippen LogP contribution in [0, 0.1) is 0 Å². The van der Waals surface area contributed by atoms with Gasteiger partial charge in [0.2, 0.25) is 12.7 Å². The summed E-state index contributed by atoms with van der Waals surface area (Å²) in [5, 5.41) is 1.61. The lowest BCUT2D eigenvalue weighted by molar-refractivity contribution is -0.129. The number of carbonyl (C=O) groups excluding carboxylic acids is 1. The Bertz CT molecular complexity index is 1250. The molecule has 0 N–H and O–H groups in total. The average molecular weight is 448 g/mol. The molecule has 9 heteroatoms. The van der Waals surface area contributed by atoms with Crippen molar-refractivity contribution in [2.45, 2.75) is 0 Å². The maximum atomic E-state index is 12.3. The number of nitrogens with zero attached hydrogens (tertiary/aromatic N) is 1. The fraction of sp³-hybridized carbons (Fsp3) is 0.100. The van der Waals surface area contributed by atoms with E-state index in [1.54, 1.807) is 37.5 Å². The number of esters is 1. The second kappa shape index (κ2) is 6.95. The summed E-state index contributed by atoms with van der Waals surface area (Å²) in [4.78, 5) is 17.2. The molecule has 0 radical (unpaired) electrons. The quantitative estimate of drug-likeness (QED) is 0.403. The Hall–Kier alpha value is -2.74. The molecule has 2 aliphatic rings. The first kappa shape index (κ1) is 18.3. The van der Waals surface area contributed by atoms with E-state index in [0.717, 1.165) is 15.6 Å². The largest absolute Gasteiger partial charge is 0.495 e. The van der Waals surface area contributed by atoms with Gasteiger partial charge in [-0.25, -0.2) is 9.79 Å². The minimum atomic E-state index is -0.560. The van der Waals surface area contributed by atoms with E-state index in [2.05, 4.69) is 4.99 Å². The molecule has 3 aromatic rings. The minimum absolute atomic E-state index is 0.142. The Labute approximate surface area is 178 Å². The first-order valence-electron chi connectivity index (χ1n) is 8.42. The zero-order valence-corrected chi connectivity index (χ0v) is 17.2. The molecule has 0 aliphatic carbocycles. The van der Waals surface area contributed by atoms with Gasteiger partial charge in [-0.2, -0.15) is 0 Å². The van der Waals surface area contributed by atoms with Crippen LogP contribution in [0.4, 0.5) is 0 Å². The number of carbonyl (C=O) groups is 1. The third kappa shape index (κ3) is 3.02. The number of benzene rings is 2. The van der Waals surface area contributed by atoms with E-state index in [1.807, 2.05) is 6.07 Å². The third-order valence-corrected chi connectivity index (χ3v) is 6.64. The van der Waals surface area contributed by atoms with Crippen LogP contribution in [0.1, 0.15) is 10.4 Å². The molecular formula is C20H11Cl2NO5S. The number of rotatable bonds is 3. The summed E-state index contributed by atoms with van der Waals surface area (Å²) in [7, 11) is 1.54. The van der Waals surface area contributed by atoms with E-state index >= 15 is 0 Å². The topological polar surface area (TPSA) is 66.3 Å². The van der Waals surface area contributed by atoms with E-state index in [-0.39, 0.29) is 18.4 Å². The van der Waals surface area contributed by atoms with Crippen molar-refractivity contribution in [3.8, 4) is 17.2 Å². The molecule has 0 saturated heterocycles. The predicted octanol–water partition coefficient (Wildman–Crippen LogP) is 5.29. The number of cyclic esters (lactones) is 1. The van der Waals surface area contributed by atoms with Crippen LogP contribution in [-0.4, -0.2) is 25.8 Å². The van der Waals surface area contributed by atoms with Crippen LogP contribution in [0.2, 0.25) is 10.0 Å². The highest BCUT2D eigenvalue weighted by molar-refractivity contribution is 7.22. The Morgan fingerprint density at radius 1 is 1.14 bits per heavy atom. The summed E-state index contributed by atoms with van der Waals surface area (Å²) >= 11 is 14.2. The standard InChI is InChI=1S/C20H11Cl2NO5S/c1-25-13-5-3-10-15(21)18(29-17(10)16(13)22)19-23-11(20(24)28-19)6-9-2-4-12-14(7-9)27-8-26-12/h2-7H,8H2,1H3/b11-6-. The van der Waals surface area contributed by atoms with E-state index < -0.39 is 5.97 Å². The second-order valence-electron chi connectivity index (χ2n) is 6.15. The SMILES string of the molecule is COc1ccc2c(Cl)c(C3=N/C(=C\c4ccc5c(c4)OCO5)C(=O)O3)sc2c1Cl. The molecule has 2 aromatic carbocycles. The number of fused-ring (bicyclic) bond motifs is 2. The number of halogens is 2. The van der Waals surface area contributed by atoms with Crippen molar-refractivity contribution in [2.75, 3.05) is 13.9 Å². The number of ether oxygens (including phenoxy) is 4. The zero-order valence-electron chi connectivity index (χ0n) is 14.8. The molecule has 2 aliphatic heterocycles. The molecule has 0 atom stereocenters. The van der Waals surface area contributed by atoms with Crippen LogP contribution >= 0.6 is 34.5 Å². The van der Waals surface area contributed by atoms with Crippen LogP contribution in [-0.2, 0) is 9.53 Å². The van der Waals surface area contributed by atoms with Crippen molar-refractivity contribution in [3.05, 3.63) is 56.5 Å². The molecule has 5 rings (SSSR count). The van der Waals surface area contributed by atoms with E-state index in [9.17, 15) is 4.79 Å². The third-order valence-electron chi connectivity index (χ3n) is 4.44. The molecule has 3 heterocycles. The normalized spacial score (nSPS) is 16.4. The molecule has 146 valence electrons. The second-order valence-corrected chi connectivity index (χ2v) is 7.93. The summed E-state index contributed by atoms with van der Waals surface area (Å²) in [6, 6.07) is 8.90. The lowest BCUT2D eigenvalue weighted by Crippen LogP contribution is -2.04. The molecule has 6 nitrogen and oxygen atoms in total. The number of hydrogen-bond donors (Lipinski definition) is 0. The van der Waals surface area contributed by atoms with Crippen molar-refractivity contribution in [3.63, 3.8) is 0 Å². The van der Waals surface area contributed by atoms with Crippen molar-refractivity contribution in [2.24, 2.45) is 4.99 Å². The maximum absolute atomic E-state index is 12.3. The molecule has 29 heavy (non-hydrogen) atoms. The number of aliphatic imine (C=N–C) groups is 1. The van der Waals surface area contributed by atoms with Gasteiger partial charge in [0.25, 0.3) is 0 Å². The lowest BCUT2D eigenvalue weighted by atomic mass is 10.1. The van der Waals surface area contributed by atoms with Crippen molar-refractivity contribution in [1.82, 2.24) is 0 Å². The molecule has 0 fully saturated rings. The van der Waals surface area contributed by atoms with Gasteiger partial charge in [-0.15, -0.1) is 11.3 Å². The monoisotopic (exact) mass is 447 g/mol. The van der Waals surface area contributed by atoms with Gasteiger partial charge in [0.15, 0.2) is 17.2 Å². The van der Waals surface area contributed by atoms with Crippen LogP contribution in [0.15, 0.2) is 41.0 Å². The fourth-order valence-electron chi connectivity index (χ4n) is 3.04. The number of hydrogen-bond acceptors (Lipinski definition) is 7. The first-order chi connectivity index (χ1) is 14.0. The predicted molar refractivity (Wildman–Crippen MR) is 112 cm³/mol. The van der Waals surface area contributed by atoms with Gasteiger partial charge in [0, 0.05) is 5.39 Å². The Balaban J connectivity index is 1.55. The molecule has 0 spiro atoms. The number of methoxy groups -OCH3 is 1. The summed E-state index contributed by atoms with van der Waals surface area (Å²) in [6.45, 7) is 0.178. The van der Waals surface area contributed by atoms with Gasteiger partial charge in [-0.1, -0.05) is 29.3 Å². The summed E-state index contributed by atoms with van der Waals surface area (Å²) < 4.78 is 22.0. The summed E-state index contributed by atoms with van der Waals surface area (Å²) in [6.07, 6.45) is 1.62. The van der Waals surface area contributed by atoms with Crippen molar-refractivity contribution >= 4 is 62.6 Å². The number of thiophene rings is 1. The maximum Gasteiger partial charge on any atom is 0.363 e. The van der Waals surface area contributed by atoms with Crippen LogP contribution in [0.5, 0.6) is 17.2 Å². The summed E-state index contributed by atoms with van der Waals surface area (Å²) in [5.74, 6) is 1.40. The first-order valence-corrected chi connectivity index (χ1v) is 9.99. The highest BCUT2D eigenvalue weighted by atomic mass is 35.5. The zero-order chi connectivity index (χ0) is 20.1. The minimum Gasteiger partial charge on any atom is -0.495 e. The van der Waals surface area contributed by atoms with Gasteiger partial charge in [0.05, 0.1) is 16.8 Å². The van der Waals surface area contributed by atoms with Crippen molar-refractivity contribution < 1.29 is 23.7 Å². The van der Waals surface area contributed by atoms with Gasteiger partial charge in [-0.3, -0.25) is 0 Å². The Kier molecular flexibility index (Phi) is 4.38. The van der Waals surface area contributed by atoms with Gasteiger partial charge in [-0.05, 0) is 35.9 Å². The van der Waals surface area contributed by atoms with Crippen LogP contribution < -0.4 is 14.2 Å². The molecule has 0 saturated carbocycles. The highest BCUT2D eigenvalue weighted by Gasteiger charge is 2.29. The van der Waals surface area contributed by atoms with Gasteiger partial charge >= 0.3 is 5.97 Å². The van der Waals surface area contributed by atoms with E-state index in [1.165, 1.54) is 11.3 Å². The molecular weight excluding hydrogens is 437 g/mol. The Morgan fingerprint density at radius 2 is 1.97 bits per heavy atom. The molecule has 0 bridgehead atoms. The van der Waals surface area contributed by atoms with Crippen LogP contribution in [0.25, 0.3) is 16.2 Å². The smallest absolute Gasteiger partial charge is 0.363 e. The average Bonchev–Trinajstić information content (AvgIpc) is 3.40. The molecule has 1 aromatic heterocycles.